The smallest absolute Gasteiger partial charge is 0.328 e. The fourth-order valence-corrected chi connectivity index (χ4v) is 2.39. The molecule has 0 aliphatic carbocycles. The second-order valence-corrected chi connectivity index (χ2v) is 5.06. The summed E-state index contributed by atoms with van der Waals surface area (Å²) in [6.45, 7) is 0.894. The second-order valence-electron chi connectivity index (χ2n) is 5.06. The van der Waals surface area contributed by atoms with Gasteiger partial charge >= 0.3 is 5.97 Å². The molecule has 0 amide bonds. The van der Waals surface area contributed by atoms with E-state index in [1.165, 1.54) is 0 Å². The number of carbonyl (C=O) groups is 1. The maximum Gasteiger partial charge on any atom is 0.328 e. The molecule has 0 bridgehead atoms. The number of benzene rings is 2. The molecule has 1 heterocycles. The summed E-state index contributed by atoms with van der Waals surface area (Å²) in [5.41, 5.74) is 2.82. The van der Waals surface area contributed by atoms with E-state index >= 15 is 0 Å². The molecule has 0 saturated carbocycles. The summed E-state index contributed by atoms with van der Waals surface area (Å²) in [5.74, 6) is -0.183. The molecule has 0 radical (unpaired) electrons. The molecule has 1 atom stereocenters. The molecule has 1 aliphatic rings. The summed E-state index contributed by atoms with van der Waals surface area (Å²) in [4.78, 5) is 10.6. The lowest BCUT2D eigenvalue weighted by molar-refractivity contribution is -0.131. The highest BCUT2D eigenvalue weighted by atomic mass is 16.5. The molecule has 112 valence electrons. The molecule has 1 N–H and O–H groups in total. The van der Waals surface area contributed by atoms with Gasteiger partial charge in [0, 0.05) is 11.6 Å². The average molecular weight is 296 g/mol. The van der Waals surface area contributed by atoms with Crippen LogP contribution in [0.3, 0.4) is 0 Å². The molecule has 1 unspecified atom stereocenters. The molecular weight excluding hydrogens is 280 g/mol. The standard InChI is InChI=1S/C18H16O4/c19-18(20)9-7-13-6-8-16-15(10-13)11-21-17(12-22-16)14-4-2-1-3-5-14/h1-10,17H,11-12H2,(H,19,20)/b9-7+. The number of ether oxygens (including phenoxy) is 2. The van der Waals surface area contributed by atoms with Crippen LogP contribution in [-0.4, -0.2) is 17.7 Å². The number of carboxylic acids is 1. The van der Waals surface area contributed by atoms with Crippen molar-refractivity contribution in [3.63, 3.8) is 0 Å². The molecule has 4 nitrogen and oxygen atoms in total. The minimum Gasteiger partial charge on any atom is -0.490 e. The van der Waals surface area contributed by atoms with Gasteiger partial charge in [0.2, 0.25) is 0 Å². The van der Waals surface area contributed by atoms with Crippen molar-refractivity contribution in [1.29, 1.82) is 0 Å². The van der Waals surface area contributed by atoms with E-state index in [9.17, 15) is 4.79 Å². The predicted molar refractivity (Wildman–Crippen MR) is 82.6 cm³/mol. The summed E-state index contributed by atoms with van der Waals surface area (Å²) in [5, 5.41) is 8.68. The van der Waals surface area contributed by atoms with Crippen molar-refractivity contribution >= 4 is 12.0 Å². The van der Waals surface area contributed by atoms with Crippen LogP contribution < -0.4 is 4.74 Å². The molecule has 0 spiro atoms. The van der Waals surface area contributed by atoms with E-state index in [-0.39, 0.29) is 6.10 Å². The molecule has 3 rings (SSSR count). The molecule has 0 aromatic heterocycles. The van der Waals surface area contributed by atoms with Crippen molar-refractivity contribution in [2.75, 3.05) is 6.61 Å². The maximum absolute atomic E-state index is 10.6. The molecule has 1 aliphatic heterocycles. The molecule has 0 saturated heterocycles. The summed E-state index contributed by atoms with van der Waals surface area (Å²) in [6, 6.07) is 15.5. The minimum absolute atomic E-state index is 0.105. The van der Waals surface area contributed by atoms with Crippen molar-refractivity contribution < 1.29 is 19.4 Å². The van der Waals surface area contributed by atoms with Crippen molar-refractivity contribution in [3.05, 3.63) is 71.3 Å². The lowest BCUT2D eigenvalue weighted by atomic mass is 10.1. The van der Waals surface area contributed by atoms with Gasteiger partial charge in [0.15, 0.2) is 0 Å². The van der Waals surface area contributed by atoms with Crippen LogP contribution in [0.25, 0.3) is 6.08 Å². The highest BCUT2D eigenvalue weighted by molar-refractivity contribution is 5.85. The van der Waals surface area contributed by atoms with Gasteiger partial charge in [-0.2, -0.15) is 0 Å². The molecule has 4 heteroatoms. The van der Waals surface area contributed by atoms with Crippen LogP contribution in [0.4, 0.5) is 0 Å². The quantitative estimate of drug-likeness (QED) is 0.882. The van der Waals surface area contributed by atoms with E-state index in [1.807, 2.05) is 48.5 Å². The van der Waals surface area contributed by atoms with Crippen molar-refractivity contribution in [2.45, 2.75) is 12.7 Å². The van der Waals surface area contributed by atoms with Gasteiger partial charge in [0.05, 0.1) is 6.61 Å². The van der Waals surface area contributed by atoms with Crippen LogP contribution in [-0.2, 0) is 16.1 Å². The van der Waals surface area contributed by atoms with E-state index in [1.54, 1.807) is 6.08 Å². The number of rotatable bonds is 3. The zero-order valence-electron chi connectivity index (χ0n) is 11.9. The topological polar surface area (TPSA) is 55.8 Å². The number of carboxylic acid groups (broad SMARTS) is 1. The van der Waals surface area contributed by atoms with E-state index in [0.29, 0.717) is 13.2 Å². The van der Waals surface area contributed by atoms with Crippen LogP contribution in [0.5, 0.6) is 5.75 Å². The van der Waals surface area contributed by atoms with Gasteiger partial charge in [-0.1, -0.05) is 36.4 Å². The van der Waals surface area contributed by atoms with Gasteiger partial charge in [0.1, 0.15) is 18.5 Å². The predicted octanol–water partition coefficient (Wildman–Crippen LogP) is 3.43. The molecule has 2 aromatic rings. The van der Waals surface area contributed by atoms with Crippen LogP contribution in [0, 0.1) is 0 Å². The highest BCUT2D eigenvalue weighted by Crippen LogP contribution is 2.30. The van der Waals surface area contributed by atoms with Crippen LogP contribution in [0.15, 0.2) is 54.6 Å². The van der Waals surface area contributed by atoms with Crippen LogP contribution in [0.2, 0.25) is 0 Å². The first-order valence-electron chi connectivity index (χ1n) is 7.05. The fraction of sp³-hybridized carbons (Fsp3) is 0.167. The van der Waals surface area contributed by atoms with Gasteiger partial charge < -0.3 is 14.6 Å². The minimum atomic E-state index is -0.966. The Balaban J connectivity index is 1.78. The lowest BCUT2D eigenvalue weighted by Gasteiger charge is -2.14. The third kappa shape index (κ3) is 3.35. The number of fused-ring (bicyclic) bond motifs is 1. The van der Waals surface area contributed by atoms with Crippen molar-refractivity contribution in [1.82, 2.24) is 0 Å². The molecule has 22 heavy (non-hydrogen) atoms. The SMILES string of the molecule is O=C(O)/C=C/c1ccc2c(c1)COC(c1ccccc1)CO2. The van der Waals surface area contributed by atoms with Crippen LogP contribution in [0.1, 0.15) is 22.8 Å². The van der Waals surface area contributed by atoms with E-state index in [0.717, 1.165) is 28.5 Å². The Kier molecular flexibility index (Phi) is 4.21. The largest absolute Gasteiger partial charge is 0.490 e. The number of hydrogen-bond donors (Lipinski definition) is 1. The zero-order valence-corrected chi connectivity index (χ0v) is 11.9. The average Bonchev–Trinajstić information content (AvgIpc) is 2.76. The van der Waals surface area contributed by atoms with Gasteiger partial charge in [-0.05, 0) is 29.3 Å². The maximum atomic E-state index is 10.6. The first-order chi connectivity index (χ1) is 10.7. The Morgan fingerprint density at radius 2 is 2.00 bits per heavy atom. The second kappa shape index (κ2) is 6.45. The third-order valence-corrected chi connectivity index (χ3v) is 3.50. The summed E-state index contributed by atoms with van der Waals surface area (Å²) >= 11 is 0. The lowest BCUT2D eigenvalue weighted by Crippen LogP contribution is -2.10. The first-order valence-corrected chi connectivity index (χ1v) is 7.05. The van der Waals surface area contributed by atoms with Gasteiger partial charge in [-0.25, -0.2) is 4.79 Å². The van der Waals surface area contributed by atoms with E-state index < -0.39 is 5.97 Å². The summed E-state index contributed by atoms with van der Waals surface area (Å²) < 4.78 is 11.8. The fourth-order valence-electron chi connectivity index (χ4n) is 2.39. The zero-order chi connectivity index (χ0) is 15.4. The molecule has 2 aromatic carbocycles. The van der Waals surface area contributed by atoms with E-state index in [4.69, 9.17) is 14.6 Å². The Morgan fingerprint density at radius 1 is 1.18 bits per heavy atom. The number of hydrogen-bond acceptors (Lipinski definition) is 3. The van der Waals surface area contributed by atoms with Gasteiger partial charge in [-0.3, -0.25) is 0 Å². The third-order valence-electron chi connectivity index (χ3n) is 3.50. The van der Waals surface area contributed by atoms with Gasteiger partial charge in [0.25, 0.3) is 0 Å². The normalized spacial score (nSPS) is 17.5. The molecule has 0 fully saturated rings. The molecular formula is C18H16O4. The Labute approximate surface area is 128 Å². The summed E-state index contributed by atoms with van der Waals surface area (Å²) in [6.07, 6.45) is 2.57. The highest BCUT2D eigenvalue weighted by Gasteiger charge is 2.19. The Morgan fingerprint density at radius 3 is 2.77 bits per heavy atom. The number of aliphatic carboxylic acids is 1. The van der Waals surface area contributed by atoms with Crippen molar-refractivity contribution in [3.8, 4) is 5.75 Å². The van der Waals surface area contributed by atoms with Gasteiger partial charge in [-0.15, -0.1) is 0 Å². The first kappa shape index (κ1) is 14.4. The van der Waals surface area contributed by atoms with Crippen LogP contribution >= 0.6 is 0 Å². The Hall–Kier alpha value is -2.59. The van der Waals surface area contributed by atoms with Crippen molar-refractivity contribution in [2.24, 2.45) is 0 Å². The summed E-state index contributed by atoms with van der Waals surface area (Å²) in [7, 11) is 0. The Bertz CT molecular complexity index is 691. The van der Waals surface area contributed by atoms with E-state index in [2.05, 4.69) is 0 Å². The monoisotopic (exact) mass is 296 g/mol.